The Kier molecular flexibility index (Phi) is 3.29. The number of ether oxygens (including phenoxy) is 2. The highest BCUT2D eigenvalue weighted by Gasteiger charge is 2.29. The Bertz CT molecular complexity index is 490. The molecule has 0 radical (unpaired) electrons. The molecule has 102 valence electrons. The number of likely N-dealkylation sites (N-methyl/N-ethyl adjacent to an activating group) is 1. The molecule has 1 saturated heterocycles. The summed E-state index contributed by atoms with van der Waals surface area (Å²) >= 11 is 0. The lowest BCUT2D eigenvalue weighted by atomic mass is 10.1. The Labute approximate surface area is 112 Å². The second-order valence-electron chi connectivity index (χ2n) is 4.86. The van der Waals surface area contributed by atoms with Crippen LogP contribution in [-0.2, 0) is 0 Å². The zero-order valence-corrected chi connectivity index (χ0v) is 11.0. The van der Waals surface area contributed by atoms with Gasteiger partial charge < -0.3 is 19.7 Å². The molecule has 1 unspecified atom stereocenters. The first-order valence-corrected chi connectivity index (χ1v) is 6.64. The van der Waals surface area contributed by atoms with Crippen molar-refractivity contribution in [2.45, 2.75) is 12.5 Å². The van der Waals surface area contributed by atoms with Crippen molar-refractivity contribution in [3.05, 3.63) is 23.8 Å². The number of para-hydroxylation sites is 1. The molecule has 5 nitrogen and oxygen atoms in total. The zero-order valence-electron chi connectivity index (χ0n) is 11.0. The van der Waals surface area contributed by atoms with Crippen LogP contribution in [0.4, 0.5) is 0 Å². The van der Waals surface area contributed by atoms with Crippen LogP contribution < -0.4 is 14.8 Å². The van der Waals surface area contributed by atoms with Crippen molar-refractivity contribution in [3.63, 3.8) is 0 Å². The SMILES string of the molecule is CNC1CCN(C(=O)c2cccc3c2OCCO3)C1. The van der Waals surface area contributed by atoms with Crippen molar-refractivity contribution in [3.8, 4) is 11.5 Å². The predicted octanol–water partition coefficient (Wildman–Crippen LogP) is 0.892. The van der Waals surface area contributed by atoms with Gasteiger partial charge in [-0.1, -0.05) is 6.07 Å². The second kappa shape index (κ2) is 5.09. The van der Waals surface area contributed by atoms with Crippen molar-refractivity contribution < 1.29 is 14.3 Å². The van der Waals surface area contributed by atoms with E-state index >= 15 is 0 Å². The highest BCUT2D eigenvalue weighted by atomic mass is 16.6. The van der Waals surface area contributed by atoms with E-state index in [0.717, 1.165) is 19.5 Å². The number of carbonyl (C=O) groups is 1. The van der Waals surface area contributed by atoms with Crippen molar-refractivity contribution in [2.75, 3.05) is 33.4 Å². The summed E-state index contributed by atoms with van der Waals surface area (Å²) in [5.41, 5.74) is 0.606. The molecular formula is C14H18N2O3. The third kappa shape index (κ3) is 2.26. The molecule has 1 N–H and O–H groups in total. The van der Waals surface area contributed by atoms with Crippen LogP contribution >= 0.6 is 0 Å². The van der Waals surface area contributed by atoms with E-state index in [2.05, 4.69) is 5.32 Å². The Hall–Kier alpha value is -1.75. The first-order chi connectivity index (χ1) is 9.29. The molecule has 2 aliphatic rings. The van der Waals surface area contributed by atoms with Crippen molar-refractivity contribution >= 4 is 5.91 Å². The van der Waals surface area contributed by atoms with Crippen LogP contribution in [0.1, 0.15) is 16.8 Å². The highest BCUT2D eigenvalue weighted by Crippen LogP contribution is 2.34. The summed E-state index contributed by atoms with van der Waals surface area (Å²) in [7, 11) is 1.93. The van der Waals surface area contributed by atoms with E-state index in [-0.39, 0.29) is 5.91 Å². The molecule has 1 aromatic carbocycles. The van der Waals surface area contributed by atoms with Crippen LogP contribution in [-0.4, -0.2) is 50.2 Å². The van der Waals surface area contributed by atoms with E-state index in [1.165, 1.54) is 0 Å². The molecule has 1 atom stereocenters. The number of nitrogens with one attached hydrogen (secondary N) is 1. The van der Waals surface area contributed by atoms with Crippen LogP contribution in [0.2, 0.25) is 0 Å². The molecule has 5 heteroatoms. The van der Waals surface area contributed by atoms with Gasteiger partial charge in [0.25, 0.3) is 5.91 Å². The van der Waals surface area contributed by atoms with Crippen LogP contribution in [0.25, 0.3) is 0 Å². The molecule has 0 bridgehead atoms. The minimum absolute atomic E-state index is 0.0279. The van der Waals surface area contributed by atoms with Gasteiger partial charge in [-0.05, 0) is 25.6 Å². The fourth-order valence-corrected chi connectivity index (χ4v) is 2.59. The fraction of sp³-hybridized carbons (Fsp3) is 0.500. The van der Waals surface area contributed by atoms with Crippen molar-refractivity contribution in [2.24, 2.45) is 0 Å². The zero-order chi connectivity index (χ0) is 13.2. The van der Waals surface area contributed by atoms with E-state index in [9.17, 15) is 4.79 Å². The lowest BCUT2D eigenvalue weighted by Gasteiger charge is -2.23. The third-order valence-corrected chi connectivity index (χ3v) is 3.68. The van der Waals surface area contributed by atoms with Gasteiger partial charge in [-0.25, -0.2) is 0 Å². The predicted molar refractivity (Wildman–Crippen MR) is 70.8 cm³/mol. The summed E-state index contributed by atoms with van der Waals surface area (Å²) < 4.78 is 11.1. The number of rotatable bonds is 2. The van der Waals surface area contributed by atoms with Crippen molar-refractivity contribution in [1.29, 1.82) is 0 Å². The van der Waals surface area contributed by atoms with E-state index in [1.807, 2.05) is 30.1 Å². The quantitative estimate of drug-likeness (QED) is 0.860. The number of hydrogen-bond acceptors (Lipinski definition) is 4. The van der Waals surface area contributed by atoms with E-state index < -0.39 is 0 Å². The maximum Gasteiger partial charge on any atom is 0.257 e. The van der Waals surface area contributed by atoms with Gasteiger partial charge in [0.2, 0.25) is 0 Å². The summed E-state index contributed by atoms with van der Waals surface area (Å²) in [5.74, 6) is 1.29. The number of carbonyl (C=O) groups excluding carboxylic acids is 1. The Morgan fingerprint density at radius 2 is 2.21 bits per heavy atom. The van der Waals surface area contributed by atoms with E-state index in [1.54, 1.807) is 0 Å². The molecule has 1 amide bonds. The number of hydrogen-bond donors (Lipinski definition) is 1. The van der Waals surface area contributed by atoms with Crippen LogP contribution in [0.5, 0.6) is 11.5 Å². The van der Waals surface area contributed by atoms with Gasteiger partial charge in [0.15, 0.2) is 11.5 Å². The van der Waals surface area contributed by atoms with Crippen LogP contribution in [0, 0.1) is 0 Å². The van der Waals surface area contributed by atoms with Gasteiger partial charge in [-0.3, -0.25) is 4.79 Å². The monoisotopic (exact) mass is 262 g/mol. The first kappa shape index (κ1) is 12.3. The maximum atomic E-state index is 12.5. The van der Waals surface area contributed by atoms with Crippen LogP contribution in [0.3, 0.4) is 0 Å². The number of fused-ring (bicyclic) bond motifs is 1. The molecular weight excluding hydrogens is 244 g/mol. The number of nitrogens with zero attached hydrogens (tertiary/aromatic N) is 1. The van der Waals surface area contributed by atoms with Gasteiger partial charge in [0.1, 0.15) is 13.2 Å². The third-order valence-electron chi connectivity index (χ3n) is 3.68. The summed E-state index contributed by atoms with van der Waals surface area (Å²) in [6.07, 6.45) is 0.995. The lowest BCUT2D eigenvalue weighted by molar-refractivity contribution is 0.0779. The normalized spacial score (nSPS) is 21.5. The summed E-state index contributed by atoms with van der Waals surface area (Å²) in [5, 5.41) is 3.21. The molecule has 2 heterocycles. The summed E-state index contributed by atoms with van der Waals surface area (Å²) in [6.45, 7) is 2.57. The first-order valence-electron chi connectivity index (χ1n) is 6.64. The van der Waals surface area contributed by atoms with Crippen molar-refractivity contribution in [1.82, 2.24) is 10.2 Å². The van der Waals surface area contributed by atoms with Gasteiger partial charge in [-0.2, -0.15) is 0 Å². The lowest BCUT2D eigenvalue weighted by Crippen LogP contribution is -2.34. The van der Waals surface area contributed by atoms with Gasteiger partial charge >= 0.3 is 0 Å². The minimum Gasteiger partial charge on any atom is -0.486 e. The molecule has 0 aromatic heterocycles. The summed E-state index contributed by atoms with van der Waals surface area (Å²) in [4.78, 5) is 14.4. The fourth-order valence-electron chi connectivity index (χ4n) is 2.59. The average Bonchev–Trinajstić information content (AvgIpc) is 2.95. The minimum atomic E-state index is 0.0279. The Balaban J connectivity index is 1.84. The highest BCUT2D eigenvalue weighted by molar-refractivity contribution is 5.98. The Morgan fingerprint density at radius 1 is 1.37 bits per heavy atom. The standard InChI is InChI=1S/C14H18N2O3/c1-15-10-5-6-16(9-10)14(17)11-3-2-4-12-13(11)19-8-7-18-12/h2-4,10,15H,5-9H2,1H3. The van der Waals surface area contributed by atoms with Gasteiger partial charge in [0, 0.05) is 19.1 Å². The second-order valence-corrected chi connectivity index (χ2v) is 4.86. The summed E-state index contributed by atoms with van der Waals surface area (Å²) in [6, 6.07) is 5.88. The molecule has 0 aliphatic carbocycles. The van der Waals surface area contributed by atoms with Gasteiger partial charge in [-0.15, -0.1) is 0 Å². The van der Waals surface area contributed by atoms with E-state index in [0.29, 0.717) is 36.3 Å². The molecule has 2 aliphatic heterocycles. The average molecular weight is 262 g/mol. The van der Waals surface area contributed by atoms with E-state index in [4.69, 9.17) is 9.47 Å². The molecule has 1 aromatic rings. The molecule has 3 rings (SSSR count). The Morgan fingerprint density at radius 3 is 3.00 bits per heavy atom. The largest absolute Gasteiger partial charge is 0.486 e. The maximum absolute atomic E-state index is 12.5. The molecule has 1 fully saturated rings. The molecule has 0 saturated carbocycles. The topological polar surface area (TPSA) is 50.8 Å². The van der Waals surface area contributed by atoms with Gasteiger partial charge in [0.05, 0.1) is 5.56 Å². The number of benzene rings is 1. The number of amides is 1. The molecule has 19 heavy (non-hydrogen) atoms. The molecule has 0 spiro atoms. The number of likely N-dealkylation sites (tertiary alicyclic amines) is 1. The van der Waals surface area contributed by atoms with Crippen LogP contribution in [0.15, 0.2) is 18.2 Å². The smallest absolute Gasteiger partial charge is 0.257 e.